The molecule has 1 fully saturated rings. The van der Waals surface area contributed by atoms with E-state index in [0.717, 1.165) is 23.4 Å². The van der Waals surface area contributed by atoms with Crippen LogP contribution in [0.5, 0.6) is 0 Å². The van der Waals surface area contributed by atoms with Crippen molar-refractivity contribution < 1.29 is 19.2 Å². The number of carboxylic acid groups (broad SMARTS) is 1. The first-order valence-electron chi connectivity index (χ1n) is 6.52. The first-order chi connectivity index (χ1) is 9.50. The summed E-state index contributed by atoms with van der Waals surface area (Å²) in [6.45, 7) is 4.26. The van der Waals surface area contributed by atoms with Crippen molar-refractivity contribution in [2.24, 2.45) is 0 Å². The molecule has 1 aromatic heterocycles. The number of aromatic nitrogens is 1. The van der Waals surface area contributed by atoms with Crippen molar-refractivity contribution in [1.82, 2.24) is 10.1 Å². The Balaban J connectivity index is 1.85. The SMILES string of the molecule is Cc1noc(C)c1CSCC(=O)N1CCCC1C(=O)O. The van der Waals surface area contributed by atoms with E-state index >= 15 is 0 Å². The number of carbonyl (C=O) groups is 2. The van der Waals surface area contributed by atoms with Crippen molar-refractivity contribution in [3.05, 3.63) is 17.0 Å². The van der Waals surface area contributed by atoms with E-state index < -0.39 is 12.0 Å². The van der Waals surface area contributed by atoms with Crippen LogP contribution in [0.25, 0.3) is 0 Å². The molecule has 110 valence electrons. The molecule has 0 aliphatic carbocycles. The number of carboxylic acids is 1. The molecule has 7 heteroatoms. The average molecular weight is 298 g/mol. The smallest absolute Gasteiger partial charge is 0.326 e. The lowest BCUT2D eigenvalue weighted by molar-refractivity contribution is -0.147. The van der Waals surface area contributed by atoms with Crippen LogP contribution in [0.2, 0.25) is 0 Å². The number of thioether (sulfide) groups is 1. The van der Waals surface area contributed by atoms with Gasteiger partial charge in [-0.3, -0.25) is 4.79 Å². The lowest BCUT2D eigenvalue weighted by Crippen LogP contribution is -2.41. The minimum atomic E-state index is -0.911. The van der Waals surface area contributed by atoms with Crippen molar-refractivity contribution in [2.75, 3.05) is 12.3 Å². The molecule has 1 aromatic rings. The molecule has 0 saturated carbocycles. The summed E-state index contributed by atoms with van der Waals surface area (Å²) in [4.78, 5) is 24.6. The molecule has 1 unspecified atom stereocenters. The Morgan fingerprint density at radius 3 is 2.85 bits per heavy atom. The van der Waals surface area contributed by atoms with Gasteiger partial charge in [-0.2, -0.15) is 0 Å². The average Bonchev–Trinajstić information content (AvgIpc) is 2.99. The molecule has 2 rings (SSSR count). The van der Waals surface area contributed by atoms with E-state index in [4.69, 9.17) is 9.63 Å². The fraction of sp³-hybridized carbons (Fsp3) is 0.615. The summed E-state index contributed by atoms with van der Waals surface area (Å²) in [5.74, 6) is 0.692. The van der Waals surface area contributed by atoms with E-state index in [2.05, 4.69) is 5.16 Å². The Morgan fingerprint density at radius 2 is 2.25 bits per heavy atom. The summed E-state index contributed by atoms with van der Waals surface area (Å²) >= 11 is 1.46. The zero-order valence-corrected chi connectivity index (χ0v) is 12.4. The van der Waals surface area contributed by atoms with Gasteiger partial charge in [-0.1, -0.05) is 5.16 Å². The number of nitrogens with zero attached hydrogens (tertiary/aromatic N) is 2. The van der Waals surface area contributed by atoms with Gasteiger partial charge in [0.2, 0.25) is 5.91 Å². The lowest BCUT2D eigenvalue weighted by atomic mass is 10.2. The van der Waals surface area contributed by atoms with Crippen molar-refractivity contribution in [3.8, 4) is 0 Å². The van der Waals surface area contributed by atoms with Gasteiger partial charge in [0, 0.05) is 17.9 Å². The van der Waals surface area contributed by atoms with Crippen LogP contribution in [-0.4, -0.2) is 45.4 Å². The van der Waals surface area contributed by atoms with Gasteiger partial charge in [-0.25, -0.2) is 4.79 Å². The van der Waals surface area contributed by atoms with Gasteiger partial charge in [-0.15, -0.1) is 11.8 Å². The molecule has 2 heterocycles. The number of amides is 1. The fourth-order valence-electron chi connectivity index (χ4n) is 2.35. The van der Waals surface area contributed by atoms with Crippen LogP contribution in [-0.2, 0) is 15.3 Å². The Bertz CT molecular complexity index is 495. The van der Waals surface area contributed by atoms with Crippen molar-refractivity contribution in [1.29, 1.82) is 0 Å². The fourth-order valence-corrected chi connectivity index (χ4v) is 3.41. The van der Waals surface area contributed by atoms with Gasteiger partial charge in [0.25, 0.3) is 0 Å². The minimum Gasteiger partial charge on any atom is -0.480 e. The molecule has 1 atom stereocenters. The first kappa shape index (κ1) is 14.9. The second kappa shape index (κ2) is 6.30. The Kier molecular flexibility index (Phi) is 4.69. The molecular formula is C13H18N2O4S. The third-order valence-corrected chi connectivity index (χ3v) is 4.46. The number of aryl methyl sites for hydroxylation is 2. The molecule has 0 aromatic carbocycles. The monoisotopic (exact) mass is 298 g/mol. The maximum absolute atomic E-state index is 12.1. The first-order valence-corrected chi connectivity index (χ1v) is 7.68. The standard InChI is InChI=1S/C13H18N2O4S/c1-8-10(9(2)19-14-8)6-20-7-12(16)15-5-3-4-11(15)13(17)18/h11H,3-7H2,1-2H3,(H,17,18). The molecule has 0 radical (unpaired) electrons. The van der Waals surface area contributed by atoms with E-state index in [0.29, 0.717) is 18.7 Å². The van der Waals surface area contributed by atoms with E-state index in [-0.39, 0.29) is 11.7 Å². The maximum Gasteiger partial charge on any atom is 0.326 e. The maximum atomic E-state index is 12.1. The Hall–Kier alpha value is -1.50. The van der Waals surface area contributed by atoms with Crippen LogP contribution >= 0.6 is 11.8 Å². The summed E-state index contributed by atoms with van der Waals surface area (Å²) in [5, 5.41) is 12.9. The summed E-state index contributed by atoms with van der Waals surface area (Å²) in [6.07, 6.45) is 1.31. The van der Waals surface area contributed by atoms with Crippen LogP contribution in [0.15, 0.2) is 4.52 Å². The van der Waals surface area contributed by atoms with Crippen LogP contribution in [0.3, 0.4) is 0 Å². The molecular weight excluding hydrogens is 280 g/mol. The summed E-state index contributed by atoms with van der Waals surface area (Å²) in [5.41, 5.74) is 1.85. The number of carbonyl (C=O) groups excluding carboxylic acids is 1. The quantitative estimate of drug-likeness (QED) is 0.889. The molecule has 1 aliphatic rings. The van der Waals surface area contributed by atoms with E-state index in [1.54, 1.807) is 0 Å². The molecule has 1 N–H and O–H groups in total. The second-order valence-electron chi connectivity index (χ2n) is 4.88. The lowest BCUT2D eigenvalue weighted by Gasteiger charge is -2.21. The summed E-state index contributed by atoms with van der Waals surface area (Å²) in [6, 6.07) is -0.651. The molecule has 0 spiro atoms. The minimum absolute atomic E-state index is 0.105. The molecule has 6 nitrogen and oxygen atoms in total. The van der Waals surface area contributed by atoms with Gasteiger partial charge in [0.1, 0.15) is 11.8 Å². The van der Waals surface area contributed by atoms with E-state index in [9.17, 15) is 9.59 Å². The number of hydrogen-bond acceptors (Lipinski definition) is 5. The number of hydrogen-bond donors (Lipinski definition) is 1. The second-order valence-corrected chi connectivity index (χ2v) is 5.86. The zero-order valence-electron chi connectivity index (χ0n) is 11.6. The molecule has 1 saturated heterocycles. The van der Waals surface area contributed by atoms with Crippen molar-refractivity contribution in [3.63, 3.8) is 0 Å². The van der Waals surface area contributed by atoms with Gasteiger partial charge in [-0.05, 0) is 26.7 Å². The summed E-state index contributed by atoms with van der Waals surface area (Å²) in [7, 11) is 0. The van der Waals surface area contributed by atoms with E-state index in [1.165, 1.54) is 16.7 Å². The van der Waals surface area contributed by atoms with E-state index in [1.807, 2.05) is 13.8 Å². The Labute approximate surface area is 121 Å². The van der Waals surface area contributed by atoms with Gasteiger partial charge in [0.15, 0.2) is 0 Å². The summed E-state index contributed by atoms with van der Waals surface area (Å²) < 4.78 is 5.06. The van der Waals surface area contributed by atoms with Crippen LogP contribution in [0, 0.1) is 13.8 Å². The highest BCUT2D eigenvalue weighted by Gasteiger charge is 2.33. The topological polar surface area (TPSA) is 83.6 Å². The largest absolute Gasteiger partial charge is 0.480 e. The van der Waals surface area contributed by atoms with Gasteiger partial charge < -0.3 is 14.5 Å². The molecule has 1 aliphatic heterocycles. The number of likely N-dealkylation sites (tertiary alicyclic amines) is 1. The third-order valence-electron chi connectivity index (χ3n) is 3.51. The van der Waals surface area contributed by atoms with Gasteiger partial charge in [0.05, 0.1) is 11.4 Å². The van der Waals surface area contributed by atoms with Crippen LogP contribution < -0.4 is 0 Å². The van der Waals surface area contributed by atoms with Crippen LogP contribution in [0.4, 0.5) is 0 Å². The highest BCUT2D eigenvalue weighted by atomic mass is 32.2. The highest BCUT2D eigenvalue weighted by molar-refractivity contribution is 7.99. The normalized spacial score (nSPS) is 18.5. The van der Waals surface area contributed by atoms with Crippen molar-refractivity contribution >= 4 is 23.6 Å². The molecule has 1 amide bonds. The van der Waals surface area contributed by atoms with Crippen LogP contribution in [0.1, 0.15) is 29.9 Å². The molecule has 20 heavy (non-hydrogen) atoms. The molecule has 0 bridgehead atoms. The number of aliphatic carboxylic acids is 1. The predicted octanol–water partition coefficient (Wildman–Crippen LogP) is 1.60. The Morgan fingerprint density at radius 1 is 1.50 bits per heavy atom. The van der Waals surface area contributed by atoms with Crippen molar-refractivity contribution in [2.45, 2.75) is 38.5 Å². The highest BCUT2D eigenvalue weighted by Crippen LogP contribution is 2.22. The third kappa shape index (κ3) is 3.15. The predicted molar refractivity (Wildman–Crippen MR) is 74.5 cm³/mol. The van der Waals surface area contributed by atoms with Gasteiger partial charge >= 0.3 is 5.97 Å². The number of rotatable bonds is 5. The zero-order chi connectivity index (χ0) is 14.7.